The van der Waals surface area contributed by atoms with Gasteiger partial charge < -0.3 is 14.0 Å². The quantitative estimate of drug-likeness (QED) is 0.740. The Morgan fingerprint density at radius 3 is 2.70 bits per heavy atom. The Hall–Kier alpha value is -2.04. The van der Waals surface area contributed by atoms with Crippen molar-refractivity contribution in [2.75, 3.05) is 0 Å². The van der Waals surface area contributed by atoms with E-state index >= 15 is 0 Å². The van der Waals surface area contributed by atoms with Gasteiger partial charge in [-0.1, -0.05) is 26.8 Å². The molecule has 3 aliphatic heterocycles. The first kappa shape index (κ1) is 17.1. The Kier molecular flexibility index (Phi) is 3.78. The maximum atomic E-state index is 12.4. The van der Waals surface area contributed by atoms with E-state index in [9.17, 15) is 9.59 Å². The van der Waals surface area contributed by atoms with Gasteiger partial charge in [-0.3, -0.25) is 9.59 Å². The molecule has 1 aliphatic carbocycles. The molecule has 0 N–H and O–H groups in total. The summed E-state index contributed by atoms with van der Waals surface area (Å²) in [7, 11) is 0. The maximum Gasteiger partial charge on any atom is 0.309 e. The van der Waals surface area contributed by atoms with Crippen LogP contribution in [0.1, 0.15) is 75.4 Å². The SMILES string of the molecule is CC[C@H]1C2=CCCCn3c([C@H]4C[C@@H](C)C(=O)O4)cc(c32)[C@H]2[C@@H]1OC(=O)[C@@H]2C. The lowest BCUT2D eigenvalue weighted by Gasteiger charge is -2.35. The smallest absolute Gasteiger partial charge is 0.309 e. The van der Waals surface area contributed by atoms with Crippen molar-refractivity contribution < 1.29 is 19.1 Å². The summed E-state index contributed by atoms with van der Waals surface area (Å²) in [4.78, 5) is 24.4. The van der Waals surface area contributed by atoms with E-state index in [0.29, 0.717) is 0 Å². The van der Waals surface area contributed by atoms with Crippen LogP contribution >= 0.6 is 0 Å². The normalized spacial score (nSPS) is 37.2. The fraction of sp³-hybridized carbons (Fsp3) is 0.636. The average Bonchev–Trinajstić information content (AvgIpc) is 3.20. The van der Waals surface area contributed by atoms with Crippen LogP contribution in [0.2, 0.25) is 0 Å². The zero-order valence-corrected chi connectivity index (χ0v) is 16.2. The highest BCUT2D eigenvalue weighted by molar-refractivity contribution is 5.82. The number of hydrogen-bond donors (Lipinski definition) is 0. The third-order valence-corrected chi connectivity index (χ3v) is 7.05. The van der Waals surface area contributed by atoms with Crippen LogP contribution in [0, 0.1) is 17.8 Å². The summed E-state index contributed by atoms with van der Waals surface area (Å²) in [5.41, 5.74) is 4.93. The van der Waals surface area contributed by atoms with Crippen LogP contribution in [0.5, 0.6) is 0 Å². The Morgan fingerprint density at radius 1 is 1.19 bits per heavy atom. The van der Waals surface area contributed by atoms with Gasteiger partial charge in [0.15, 0.2) is 0 Å². The summed E-state index contributed by atoms with van der Waals surface area (Å²) in [5, 5.41) is 0. The number of ether oxygens (including phenoxy) is 2. The third kappa shape index (κ3) is 2.29. The van der Waals surface area contributed by atoms with Crippen molar-refractivity contribution in [1.82, 2.24) is 4.57 Å². The van der Waals surface area contributed by atoms with Gasteiger partial charge in [0.05, 0.1) is 17.5 Å². The Bertz CT molecular complexity index is 851. The number of carbonyl (C=O) groups excluding carboxylic acids is 2. The Morgan fingerprint density at radius 2 is 2.00 bits per heavy atom. The van der Waals surface area contributed by atoms with Gasteiger partial charge >= 0.3 is 11.9 Å². The van der Waals surface area contributed by atoms with E-state index in [4.69, 9.17) is 9.47 Å². The van der Waals surface area contributed by atoms with Crippen molar-refractivity contribution in [3.63, 3.8) is 0 Å². The summed E-state index contributed by atoms with van der Waals surface area (Å²) < 4.78 is 14.0. The summed E-state index contributed by atoms with van der Waals surface area (Å²) in [5.74, 6) is -0.0135. The zero-order chi connectivity index (χ0) is 18.9. The van der Waals surface area contributed by atoms with E-state index in [2.05, 4.69) is 23.6 Å². The summed E-state index contributed by atoms with van der Waals surface area (Å²) in [6, 6.07) is 2.21. The van der Waals surface area contributed by atoms with Gasteiger partial charge in [-0.15, -0.1) is 0 Å². The minimum Gasteiger partial charge on any atom is -0.461 e. The summed E-state index contributed by atoms with van der Waals surface area (Å²) in [6.45, 7) is 7.05. The second-order valence-electron chi connectivity index (χ2n) is 8.62. The first-order valence-electron chi connectivity index (χ1n) is 10.4. The number of rotatable bonds is 2. The predicted octanol–water partition coefficient (Wildman–Crippen LogP) is 3.97. The largest absolute Gasteiger partial charge is 0.461 e. The second-order valence-corrected chi connectivity index (χ2v) is 8.62. The standard InChI is InChI=1S/C22H27NO4/c1-4-13-14-7-5-6-8-23-16(17-9-11(2)21(24)26-17)10-15(19(14)23)18-12(3)22(25)27-20(13)18/h7,10-13,17-18,20H,4-6,8-9H2,1-3H3/t11-,12-,13+,17-,18+,20-/m1/s1. The number of aromatic nitrogens is 1. The van der Waals surface area contributed by atoms with Gasteiger partial charge in [0.25, 0.3) is 0 Å². The first-order chi connectivity index (χ1) is 13.0. The van der Waals surface area contributed by atoms with E-state index in [1.807, 2.05) is 13.8 Å². The van der Waals surface area contributed by atoms with Gasteiger partial charge in [0, 0.05) is 30.5 Å². The molecule has 0 saturated carbocycles. The van der Waals surface area contributed by atoms with Crippen LogP contribution in [-0.2, 0) is 25.6 Å². The number of carbonyl (C=O) groups is 2. The van der Waals surface area contributed by atoms with E-state index < -0.39 is 0 Å². The maximum absolute atomic E-state index is 12.4. The molecule has 1 aromatic heterocycles. The molecule has 0 spiro atoms. The molecule has 5 nitrogen and oxygen atoms in total. The summed E-state index contributed by atoms with van der Waals surface area (Å²) >= 11 is 0. The Labute approximate surface area is 159 Å². The predicted molar refractivity (Wildman–Crippen MR) is 99.8 cm³/mol. The number of esters is 2. The lowest BCUT2D eigenvalue weighted by molar-refractivity contribution is -0.145. The molecule has 4 aliphatic rings. The highest BCUT2D eigenvalue weighted by Gasteiger charge is 2.52. The molecule has 144 valence electrons. The molecule has 0 bridgehead atoms. The number of cyclic esters (lactones) is 1. The van der Waals surface area contributed by atoms with Crippen molar-refractivity contribution in [2.24, 2.45) is 17.8 Å². The van der Waals surface area contributed by atoms with Crippen LogP contribution in [0.15, 0.2) is 12.1 Å². The van der Waals surface area contributed by atoms with Crippen molar-refractivity contribution in [3.05, 3.63) is 29.1 Å². The molecular weight excluding hydrogens is 342 g/mol. The van der Waals surface area contributed by atoms with Gasteiger partial charge in [-0.25, -0.2) is 0 Å². The minimum atomic E-state index is -0.177. The lowest BCUT2D eigenvalue weighted by atomic mass is 9.70. The van der Waals surface area contributed by atoms with Crippen LogP contribution in [0.4, 0.5) is 0 Å². The highest BCUT2D eigenvalue weighted by atomic mass is 16.6. The van der Waals surface area contributed by atoms with Crippen LogP contribution in [0.25, 0.3) is 5.57 Å². The number of allylic oxidation sites excluding steroid dienone is 1. The van der Waals surface area contributed by atoms with Crippen LogP contribution < -0.4 is 0 Å². The topological polar surface area (TPSA) is 57.5 Å². The number of fused-ring (bicyclic) bond motifs is 2. The Balaban J connectivity index is 1.69. The number of hydrogen-bond acceptors (Lipinski definition) is 4. The second kappa shape index (κ2) is 5.98. The molecule has 6 atom stereocenters. The molecule has 5 heteroatoms. The van der Waals surface area contributed by atoms with Crippen molar-refractivity contribution >= 4 is 17.5 Å². The molecule has 0 amide bonds. The van der Waals surface area contributed by atoms with Crippen LogP contribution in [0.3, 0.4) is 0 Å². The van der Waals surface area contributed by atoms with E-state index in [1.165, 1.54) is 16.8 Å². The molecule has 0 unspecified atom stereocenters. The highest BCUT2D eigenvalue weighted by Crippen LogP contribution is 2.54. The fourth-order valence-electron chi connectivity index (χ4n) is 5.66. The van der Waals surface area contributed by atoms with Crippen molar-refractivity contribution in [2.45, 2.75) is 71.1 Å². The van der Waals surface area contributed by atoms with Crippen molar-refractivity contribution in [3.8, 4) is 0 Å². The lowest BCUT2D eigenvalue weighted by Crippen LogP contribution is -2.32. The van der Waals surface area contributed by atoms with Gasteiger partial charge in [0.1, 0.15) is 12.2 Å². The number of nitrogens with zero attached hydrogens (tertiary/aromatic N) is 1. The molecule has 0 radical (unpaired) electrons. The van der Waals surface area contributed by atoms with E-state index in [-0.39, 0.29) is 47.8 Å². The van der Waals surface area contributed by atoms with Gasteiger partial charge in [0.2, 0.25) is 0 Å². The summed E-state index contributed by atoms with van der Waals surface area (Å²) in [6.07, 6.45) is 5.92. The van der Waals surface area contributed by atoms with Gasteiger partial charge in [-0.05, 0) is 36.5 Å². The molecule has 27 heavy (non-hydrogen) atoms. The molecule has 5 rings (SSSR count). The average molecular weight is 369 g/mol. The minimum absolute atomic E-state index is 0.0537. The van der Waals surface area contributed by atoms with Crippen LogP contribution in [-0.4, -0.2) is 22.6 Å². The fourth-order valence-corrected chi connectivity index (χ4v) is 5.66. The van der Waals surface area contributed by atoms with Crippen molar-refractivity contribution in [1.29, 1.82) is 0 Å². The molecule has 2 fully saturated rings. The zero-order valence-electron chi connectivity index (χ0n) is 16.2. The molecule has 4 heterocycles. The monoisotopic (exact) mass is 369 g/mol. The first-order valence-corrected chi connectivity index (χ1v) is 10.4. The molecule has 1 aromatic rings. The van der Waals surface area contributed by atoms with Gasteiger partial charge in [-0.2, -0.15) is 0 Å². The third-order valence-electron chi connectivity index (χ3n) is 7.05. The molecule has 2 saturated heterocycles. The molecule has 0 aromatic carbocycles. The van der Waals surface area contributed by atoms with E-state index in [0.717, 1.165) is 37.9 Å². The van der Waals surface area contributed by atoms with E-state index in [1.54, 1.807) is 0 Å². The molecular formula is C22H27NO4.